The van der Waals surface area contributed by atoms with Gasteiger partial charge in [0.1, 0.15) is 11.4 Å². The molecular formula is C14H19Br2NO. The van der Waals surface area contributed by atoms with E-state index in [-0.39, 0.29) is 5.60 Å². The predicted molar refractivity (Wildman–Crippen MR) is 82.2 cm³/mol. The Labute approximate surface area is 126 Å². The van der Waals surface area contributed by atoms with Crippen LogP contribution in [0, 0.1) is 0 Å². The normalized spacial score (nSPS) is 21.3. The number of hydrogen-bond donors (Lipinski definition) is 1. The molecule has 100 valence electrons. The summed E-state index contributed by atoms with van der Waals surface area (Å²) >= 11 is 7.15. The van der Waals surface area contributed by atoms with Crippen molar-refractivity contribution in [3.05, 3.63) is 26.6 Å². The van der Waals surface area contributed by atoms with Crippen LogP contribution in [0.4, 0.5) is 0 Å². The Hall–Kier alpha value is -0.0600. The molecule has 0 bridgehead atoms. The van der Waals surface area contributed by atoms with E-state index in [9.17, 15) is 0 Å². The highest BCUT2D eigenvalue weighted by molar-refractivity contribution is 9.11. The molecule has 2 rings (SSSR count). The van der Waals surface area contributed by atoms with E-state index in [1.165, 1.54) is 5.56 Å². The third kappa shape index (κ3) is 3.09. The van der Waals surface area contributed by atoms with Crippen LogP contribution in [0.25, 0.3) is 0 Å². The highest BCUT2D eigenvalue weighted by atomic mass is 79.9. The van der Waals surface area contributed by atoms with Crippen LogP contribution in [0.1, 0.15) is 45.2 Å². The molecule has 1 aromatic rings. The van der Waals surface area contributed by atoms with E-state index in [4.69, 9.17) is 4.74 Å². The van der Waals surface area contributed by atoms with Crippen LogP contribution < -0.4 is 10.1 Å². The maximum absolute atomic E-state index is 6.11. The molecule has 0 saturated heterocycles. The van der Waals surface area contributed by atoms with Crippen LogP contribution in [0.3, 0.4) is 0 Å². The highest BCUT2D eigenvalue weighted by Crippen LogP contribution is 2.44. The van der Waals surface area contributed by atoms with E-state index in [2.05, 4.69) is 64.0 Å². The Kier molecular flexibility index (Phi) is 4.40. The summed E-state index contributed by atoms with van der Waals surface area (Å²) in [5, 5.41) is 3.62. The monoisotopic (exact) mass is 375 g/mol. The van der Waals surface area contributed by atoms with E-state index in [0.717, 1.165) is 34.1 Å². The molecule has 0 aromatic heterocycles. The van der Waals surface area contributed by atoms with Gasteiger partial charge >= 0.3 is 0 Å². The number of hydrogen-bond acceptors (Lipinski definition) is 2. The number of ether oxygens (including phenoxy) is 1. The van der Waals surface area contributed by atoms with Gasteiger partial charge in [-0.25, -0.2) is 0 Å². The summed E-state index contributed by atoms with van der Waals surface area (Å²) < 4.78 is 8.21. The molecule has 1 heterocycles. The van der Waals surface area contributed by atoms with Gasteiger partial charge in [0.25, 0.3) is 0 Å². The minimum Gasteiger partial charge on any atom is -0.486 e. The number of nitrogens with one attached hydrogen (secondary N) is 1. The first-order chi connectivity index (χ1) is 8.43. The average molecular weight is 377 g/mol. The number of rotatable bonds is 3. The average Bonchev–Trinajstić information content (AvgIpc) is 2.27. The molecule has 0 amide bonds. The minimum absolute atomic E-state index is 0.130. The summed E-state index contributed by atoms with van der Waals surface area (Å²) in [5.74, 6) is 0.975. The standard InChI is InChI=1S/C14H19Br2NO/c1-4-5-17-12-8-14(2,3)18-13-10(12)6-9(15)7-11(13)16/h6-7,12,17H,4-5,8H2,1-3H3. The number of benzene rings is 1. The van der Waals surface area contributed by atoms with Gasteiger partial charge in [0.05, 0.1) is 4.47 Å². The fraction of sp³-hybridized carbons (Fsp3) is 0.571. The van der Waals surface area contributed by atoms with Crippen LogP contribution in [0.2, 0.25) is 0 Å². The summed E-state index contributed by atoms with van der Waals surface area (Å²) in [6.07, 6.45) is 2.13. The second-order valence-corrected chi connectivity index (χ2v) is 7.15. The highest BCUT2D eigenvalue weighted by Gasteiger charge is 2.34. The molecule has 1 N–H and O–H groups in total. The van der Waals surface area contributed by atoms with Crippen molar-refractivity contribution in [2.24, 2.45) is 0 Å². The molecule has 0 radical (unpaired) electrons. The van der Waals surface area contributed by atoms with Gasteiger partial charge in [-0.05, 0) is 54.9 Å². The maximum atomic E-state index is 6.11. The summed E-state index contributed by atoms with van der Waals surface area (Å²) in [5.41, 5.74) is 1.11. The molecule has 18 heavy (non-hydrogen) atoms. The second kappa shape index (κ2) is 5.51. The van der Waals surface area contributed by atoms with Crippen LogP contribution in [-0.4, -0.2) is 12.1 Å². The van der Waals surface area contributed by atoms with Gasteiger partial charge in [0.2, 0.25) is 0 Å². The molecule has 2 nitrogen and oxygen atoms in total. The summed E-state index contributed by atoms with van der Waals surface area (Å²) in [6, 6.07) is 4.55. The van der Waals surface area contributed by atoms with Crippen molar-refractivity contribution in [1.29, 1.82) is 0 Å². The summed E-state index contributed by atoms with van der Waals surface area (Å²) in [6.45, 7) is 7.51. The van der Waals surface area contributed by atoms with E-state index >= 15 is 0 Å². The first-order valence-electron chi connectivity index (χ1n) is 6.34. The number of fused-ring (bicyclic) bond motifs is 1. The molecule has 0 fully saturated rings. The van der Waals surface area contributed by atoms with E-state index in [1.807, 2.05) is 6.07 Å². The first-order valence-corrected chi connectivity index (χ1v) is 7.93. The molecule has 4 heteroatoms. The zero-order chi connectivity index (χ0) is 13.3. The van der Waals surface area contributed by atoms with Crippen LogP contribution in [-0.2, 0) is 0 Å². The van der Waals surface area contributed by atoms with Crippen LogP contribution in [0.5, 0.6) is 5.75 Å². The summed E-state index contributed by atoms with van der Waals surface area (Å²) in [7, 11) is 0. The fourth-order valence-corrected chi connectivity index (χ4v) is 3.71. The van der Waals surface area contributed by atoms with Crippen molar-refractivity contribution >= 4 is 31.9 Å². The third-order valence-electron chi connectivity index (χ3n) is 3.13. The zero-order valence-electron chi connectivity index (χ0n) is 11.0. The topological polar surface area (TPSA) is 21.3 Å². The van der Waals surface area contributed by atoms with Gasteiger partial charge in [-0.15, -0.1) is 0 Å². The Morgan fingerprint density at radius 3 is 2.78 bits per heavy atom. The predicted octanol–water partition coefficient (Wildman–Crippen LogP) is 4.81. The maximum Gasteiger partial charge on any atom is 0.139 e. The second-order valence-electron chi connectivity index (χ2n) is 5.38. The SMILES string of the molecule is CCCNC1CC(C)(C)Oc2c(Br)cc(Br)cc21. The Morgan fingerprint density at radius 1 is 1.39 bits per heavy atom. The van der Waals surface area contributed by atoms with E-state index < -0.39 is 0 Å². The van der Waals surface area contributed by atoms with Gasteiger partial charge < -0.3 is 10.1 Å². The van der Waals surface area contributed by atoms with Crippen molar-refractivity contribution < 1.29 is 4.74 Å². The van der Waals surface area contributed by atoms with Crippen molar-refractivity contribution in [2.45, 2.75) is 45.3 Å². The van der Waals surface area contributed by atoms with E-state index in [1.54, 1.807) is 0 Å². The first kappa shape index (κ1) is 14.4. The van der Waals surface area contributed by atoms with Crippen molar-refractivity contribution in [2.75, 3.05) is 6.54 Å². The van der Waals surface area contributed by atoms with Crippen molar-refractivity contribution in [1.82, 2.24) is 5.32 Å². The molecule has 1 unspecified atom stereocenters. The van der Waals surface area contributed by atoms with Crippen LogP contribution >= 0.6 is 31.9 Å². The van der Waals surface area contributed by atoms with Gasteiger partial charge in [-0.2, -0.15) is 0 Å². The van der Waals surface area contributed by atoms with Crippen molar-refractivity contribution in [3.8, 4) is 5.75 Å². The molecule has 0 aliphatic carbocycles. The van der Waals surface area contributed by atoms with Gasteiger partial charge in [0.15, 0.2) is 0 Å². The molecule has 1 aliphatic heterocycles. The van der Waals surface area contributed by atoms with Gasteiger partial charge in [0, 0.05) is 22.5 Å². The van der Waals surface area contributed by atoms with Crippen LogP contribution in [0.15, 0.2) is 21.1 Å². The Morgan fingerprint density at radius 2 is 2.11 bits per heavy atom. The Bertz CT molecular complexity index is 446. The Balaban J connectivity index is 2.40. The molecule has 1 atom stereocenters. The smallest absolute Gasteiger partial charge is 0.139 e. The molecule has 1 aromatic carbocycles. The molecule has 0 spiro atoms. The molecule has 1 aliphatic rings. The lowest BCUT2D eigenvalue weighted by Crippen LogP contribution is -2.39. The summed E-state index contributed by atoms with van der Waals surface area (Å²) in [4.78, 5) is 0. The lowest BCUT2D eigenvalue weighted by atomic mass is 9.89. The molecule has 0 saturated carbocycles. The molecular weight excluding hydrogens is 358 g/mol. The minimum atomic E-state index is -0.130. The lowest BCUT2D eigenvalue weighted by molar-refractivity contribution is 0.0651. The fourth-order valence-electron chi connectivity index (χ4n) is 2.37. The largest absolute Gasteiger partial charge is 0.486 e. The number of halogens is 2. The quantitative estimate of drug-likeness (QED) is 0.816. The van der Waals surface area contributed by atoms with Gasteiger partial charge in [-0.3, -0.25) is 0 Å². The zero-order valence-corrected chi connectivity index (χ0v) is 14.2. The van der Waals surface area contributed by atoms with Crippen molar-refractivity contribution in [3.63, 3.8) is 0 Å². The third-order valence-corrected chi connectivity index (χ3v) is 4.17. The van der Waals surface area contributed by atoms with E-state index in [0.29, 0.717) is 6.04 Å². The lowest BCUT2D eigenvalue weighted by Gasteiger charge is -2.38. The van der Waals surface area contributed by atoms with Gasteiger partial charge in [-0.1, -0.05) is 22.9 Å².